The molecule has 0 bridgehead atoms. The van der Waals surface area contributed by atoms with E-state index in [4.69, 9.17) is 4.74 Å². The van der Waals surface area contributed by atoms with Crippen LogP contribution in [0.1, 0.15) is 11.6 Å². The first-order chi connectivity index (χ1) is 11.6. The average Bonchev–Trinajstić information content (AvgIpc) is 2.63. The molecule has 0 saturated carbocycles. The molecule has 1 atom stereocenters. The van der Waals surface area contributed by atoms with Gasteiger partial charge in [0.25, 0.3) is 5.92 Å². The van der Waals surface area contributed by atoms with E-state index in [1.807, 2.05) is 24.3 Å². The summed E-state index contributed by atoms with van der Waals surface area (Å²) in [7, 11) is 1.57. The number of benzene rings is 2. The molecule has 138 valence electrons. The zero-order chi connectivity index (χ0) is 17.2. The van der Waals surface area contributed by atoms with Crippen molar-refractivity contribution >= 4 is 23.2 Å². The lowest BCUT2D eigenvalue weighted by Crippen LogP contribution is -2.51. The van der Waals surface area contributed by atoms with Crippen LogP contribution in [0, 0.1) is 0 Å². The number of fused-ring (bicyclic) bond motifs is 1. The van der Waals surface area contributed by atoms with E-state index >= 15 is 0 Å². The summed E-state index contributed by atoms with van der Waals surface area (Å²) < 4.78 is 34.7. The Morgan fingerprint density at radius 1 is 1.16 bits per heavy atom. The number of hydrogen-bond acceptors (Lipinski definition) is 4. The minimum atomic E-state index is -3.23. The normalized spacial score (nSPS) is 17.1. The maximum Gasteiger partial charge on any atom is 0.289 e. The lowest BCUT2D eigenvalue weighted by molar-refractivity contribution is -0.118. The van der Waals surface area contributed by atoms with Gasteiger partial charge < -0.3 is 15.2 Å². The van der Waals surface area contributed by atoms with Crippen LogP contribution < -0.4 is 10.1 Å². The topological polar surface area (TPSA) is 44.7 Å². The average molecular weight is 373 g/mol. The molecule has 0 aliphatic carbocycles. The van der Waals surface area contributed by atoms with Gasteiger partial charge in [0.2, 0.25) is 0 Å². The van der Waals surface area contributed by atoms with Crippen molar-refractivity contribution in [1.29, 1.82) is 0 Å². The first kappa shape index (κ1) is 19.8. The number of methoxy groups -OCH3 is 1. The third-order valence-corrected chi connectivity index (χ3v) is 4.56. The van der Waals surface area contributed by atoms with E-state index in [0.717, 1.165) is 10.8 Å². The number of ether oxygens (including phenoxy) is 1. The van der Waals surface area contributed by atoms with Gasteiger partial charge in [-0.15, -0.1) is 12.4 Å². The van der Waals surface area contributed by atoms with Crippen LogP contribution in [0.4, 0.5) is 8.78 Å². The molecular weight excluding hydrogens is 350 g/mol. The number of alkyl halides is 2. The van der Waals surface area contributed by atoms with Crippen LogP contribution in [0.2, 0.25) is 0 Å². The maximum absolute atomic E-state index is 14.7. The van der Waals surface area contributed by atoms with Crippen LogP contribution in [0.25, 0.3) is 10.8 Å². The fourth-order valence-corrected chi connectivity index (χ4v) is 3.43. The predicted molar refractivity (Wildman–Crippen MR) is 97.0 cm³/mol. The molecule has 0 amide bonds. The highest BCUT2D eigenvalue weighted by molar-refractivity contribution is 5.91. The smallest absolute Gasteiger partial charge is 0.289 e. The van der Waals surface area contributed by atoms with Gasteiger partial charge in [-0.25, -0.2) is 8.78 Å². The Balaban J connectivity index is 0.00000225. The monoisotopic (exact) mass is 372 g/mol. The van der Waals surface area contributed by atoms with Crippen LogP contribution >= 0.6 is 12.4 Å². The Labute approximate surface area is 152 Å². The Bertz CT molecular complexity index is 709. The summed E-state index contributed by atoms with van der Waals surface area (Å²) in [5.41, 5.74) is 0.521. The lowest BCUT2D eigenvalue weighted by atomic mass is 9.92. The quantitative estimate of drug-likeness (QED) is 0.847. The molecule has 25 heavy (non-hydrogen) atoms. The summed E-state index contributed by atoms with van der Waals surface area (Å²) in [4.78, 5) is 1.75. The molecule has 2 aromatic rings. The molecule has 1 aliphatic heterocycles. The Kier molecular flexibility index (Phi) is 6.57. The molecule has 3 rings (SSSR count). The van der Waals surface area contributed by atoms with Crippen molar-refractivity contribution in [2.45, 2.75) is 12.0 Å². The second-order valence-corrected chi connectivity index (χ2v) is 6.01. The third-order valence-electron chi connectivity index (χ3n) is 4.56. The fraction of sp³-hybridized carbons (Fsp3) is 0.444. The summed E-state index contributed by atoms with van der Waals surface area (Å²) in [6.45, 7) is 1.17. The molecule has 0 unspecified atom stereocenters. The van der Waals surface area contributed by atoms with Crippen LogP contribution in [0.15, 0.2) is 36.4 Å². The Morgan fingerprint density at radius 3 is 2.40 bits per heavy atom. The van der Waals surface area contributed by atoms with Gasteiger partial charge in [0.15, 0.2) is 0 Å². The summed E-state index contributed by atoms with van der Waals surface area (Å²) in [6, 6.07) is 9.63. The molecule has 1 fully saturated rings. The highest BCUT2D eigenvalue weighted by Gasteiger charge is 2.44. The van der Waals surface area contributed by atoms with Crippen LogP contribution in [0.3, 0.4) is 0 Å². The highest BCUT2D eigenvalue weighted by atomic mass is 35.5. The number of hydrogen-bond donors (Lipinski definition) is 2. The van der Waals surface area contributed by atoms with Crippen molar-refractivity contribution < 1.29 is 18.6 Å². The molecule has 0 aromatic heterocycles. The number of piperazine rings is 1. The van der Waals surface area contributed by atoms with E-state index in [-0.39, 0.29) is 12.4 Å². The first-order valence-corrected chi connectivity index (χ1v) is 8.07. The number of nitrogens with one attached hydrogen (secondary N) is 1. The lowest BCUT2D eigenvalue weighted by Gasteiger charge is -2.39. The second-order valence-electron chi connectivity index (χ2n) is 6.01. The summed E-state index contributed by atoms with van der Waals surface area (Å²) in [6.07, 6.45) is 0. The van der Waals surface area contributed by atoms with Gasteiger partial charge in [-0.05, 0) is 17.0 Å². The maximum atomic E-state index is 14.7. The summed E-state index contributed by atoms with van der Waals surface area (Å²) in [5.74, 6) is -2.57. The molecule has 1 saturated heterocycles. The van der Waals surface area contributed by atoms with E-state index in [1.165, 1.54) is 0 Å². The van der Waals surface area contributed by atoms with Crippen molar-refractivity contribution in [1.82, 2.24) is 10.2 Å². The van der Waals surface area contributed by atoms with E-state index < -0.39 is 18.6 Å². The molecule has 2 aromatic carbocycles. The first-order valence-electron chi connectivity index (χ1n) is 8.07. The minimum Gasteiger partial charge on any atom is -0.496 e. The second kappa shape index (κ2) is 8.27. The van der Waals surface area contributed by atoms with Crippen molar-refractivity contribution in [2.24, 2.45) is 0 Å². The molecular formula is C18H23ClF2N2O2. The van der Waals surface area contributed by atoms with Gasteiger partial charge >= 0.3 is 0 Å². The predicted octanol–water partition coefficient (Wildman–Crippen LogP) is 2.84. The molecule has 1 aliphatic rings. The minimum absolute atomic E-state index is 0. The number of aliphatic hydroxyl groups excluding tert-OH is 1. The Hall–Kier alpha value is -1.47. The summed E-state index contributed by atoms with van der Waals surface area (Å²) in [5, 5.41) is 14.0. The van der Waals surface area contributed by atoms with Gasteiger partial charge in [0.1, 0.15) is 18.4 Å². The van der Waals surface area contributed by atoms with Crippen LogP contribution in [0.5, 0.6) is 5.75 Å². The van der Waals surface area contributed by atoms with Gasteiger partial charge in [0, 0.05) is 31.6 Å². The van der Waals surface area contributed by atoms with Gasteiger partial charge in [-0.2, -0.15) is 0 Å². The Morgan fingerprint density at radius 2 is 1.80 bits per heavy atom. The summed E-state index contributed by atoms with van der Waals surface area (Å²) >= 11 is 0. The molecule has 7 heteroatoms. The van der Waals surface area contributed by atoms with E-state index in [0.29, 0.717) is 37.5 Å². The highest BCUT2D eigenvalue weighted by Crippen LogP contribution is 2.41. The van der Waals surface area contributed by atoms with Crippen molar-refractivity contribution in [3.63, 3.8) is 0 Å². The number of nitrogens with zero attached hydrogens (tertiary/aromatic N) is 1. The van der Waals surface area contributed by atoms with Crippen molar-refractivity contribution in [2.75, 3.05) is 39.9 Å². The zero-order valence-electron chi connectivity index (χ0n) is 14.0. The molecule has 0 spiro atoms. The van der Waals surface area contributed by atoms with Gasteiger partial charge in [0.05, 0.1) is 7.11 Å². The van der Waals surface area contributed by atoms with E-state index in [9.17, 15) is 13.9 Å². The zero-order valence-corrected chi connectivity index (χ0v) is 14.9. The molecule has 1 heterocycles. The van der Waals surface area contributed by atoms with Crippen molar-refractivity contribution in [3.05, 3.63) is 42.0 Å². The molecule has 0 radical (unpaired) electrons. The van der Waals surface area contributed by atoms with Crippen molar-refractivity contribution in [3.8, 4) is 5.75 Å². The number of rotatable bonds is 5. The molecule has 4 nitrogen and oxygen atoms in total. The van der Waals surface area contributed by atoms with Gasteiger partial charge in [-0.3, -0.25) is 4.90 Å². The largest absolute Gasteiger partial charge is 0.496 e. The number of halogens is 3. The standard InChI is InChI=1S/C18H22F2N2O2.ClH/c1-24-16-7-6-15(13-4-2-3-5-14(13)16)17(18(19,20)12-23)22-10-8-21-9-11-22;/h2-7,17,21,23H,8-12H2,1H3;1H/t17-;/m1./s1. The van der Waals surface area contributed by atoms with Gasteiger partial charge in [-0.1, -0.05) is 30.3 Å². The third kappa shape index (κ3) is 3.87. The SMILES string of the molecule is COc1ccc([C@@H](N2CCNCC2)C(F)(F)CO)c2ccccc12.Cl. The van der Waals surface area contributed by atoms with E-state index in [1.54, 1.807) is 24.1 Å². The fourth-order valence-electron chi connectivity index (χ4n) is 3.43. The molecule has 2 N–H and O–H groups in total. The van der Waals surface area contributed by atoms with Crippen LogP contribution in [-0.2, 0) is 0 Å². The van der Waals surface area contributed by atoms with E-state index in [2.05, 4.69) is 5.32 Å². The number of aliphatic hydroxyl groups is 1. The van der Waals surface area contributed by atoms with Crippen LogP contribution in [-0.4, -0.2) is 55.8 Å².